The van der Waals surface area contributed by atoms with Crippen molar-refractivity contribution in [3.8, 4) is 11.1 Å². The Morgan fingerprint density at radius 1 is 0.960 bits per heavy atom. The molecule has 2 unspecified atom stereocenters. The minimum atomic E-state index is -0.165. The topological polar surface area (TPSA) is 29.5 Å². The number of hydrogen-bond donors (Lipinski definition) is 0. The van der Waals surface area contributed by atoms with Crippen LogP contribution < -0.4 is 0 Å². The molecule has 25 heavy (non-hydrogen) atoms. The highest BCUT2D eigenvalue weighted by molar-refractivity contribution is 5.79. The van der Waals surface area contributed by atoms with E-state index in [2.05, 4.69) is 62.4 Å². The number of benzene rings is 2. The highest BCUT2D eigenvalue weighted by Gasteiger charge is 2.33. The highest BCUT2D eigenvalue weighted by atomic mass is 16.6. The number of ether oxygens (including phenoxy) is 1. The Balaban J connectivity index is 1.54. The molecule has 3 nitrogen and oxygen atoms in total. The molecular formula is C22H25NO2. The van der Waals surface area contributed by atoms with Gasteiger partial charge in [-0.15, -0.1) is 0 Å². The molecule has 0 aromatic heterocycles. The summed E-state index contributed by atoms with van der Waals surface area (Å²) in [5, 5.41) is 0. The van der Waals surface area contributed by atoms with Crippen molar-refractivity contribution in [2.24, 2.45) is 0 Å². The molecule has 3 heteroatoms. The van der Waals surface area contributed by atoms with Gasteiger partial charge < -0.3 is 9.64 Å². The van der Waals surface area contributed by atoms with E-state index in [0.717, 1.165) is 12.8 Å². The van der Waals surface area contributed by atoms with Gasteiger partial charge in [0.1, 0.15) is 6.61 Å². The van der Waals surface area contributed by atoms with Crippen molar-refractivity contribution in [2.75, 3.05) is 6.61 Å². The Morgan fingerprint density at radius 2 is 1.48 bits per heavy atom. The van der Waals surface area contributed by atoms with Gasteiger partial charge in [-0.1, -0.05) is 48.5 Å². The van der Waals surface area contributed by atoms with Crippen LogP contribution in [0.5, 0.6) is 0 Å². The van der Waals surface area contributed by atoms with Gasteiger partial charge in [0.25, 0.3) is 0 Å². The van der Waals surface area contributed by atoms with E-state index in [1.54, 1.807) is 0 Å². The van der Waals surface area contributed by atoms with Gasteiger partial charge in [0.2, 0.25) is 0 Å². The van der Waals surface area contributed by atoms with E-state index >= 15 is 0 Å². The van der Waals surface area contributed by atoms with Crippen LogP contribution in [0.3, 0.4) is 0 Å². The van der Waals surface area contributed by atoms with Gasteiger partial charge in [0.05, 0.1) is 0 Å². The fraction of sp³-hybridized carbons (Fsp3) is 0.409. The first-order chi connectivity index (χ1) is 12.2. The van der Waals surface area contributed by atoms with Crippen LogP contribution in [0.4, 0.5) is 4.79 Å². The zero-order valence-electron chi connectivity index (χ0n) is 14.9. The molecule has 1 aliphatic heterocycles. The first-order valence-electron chi connectivity index (χ1n) is 9.30. The van der Waals surface area contributed by atoms with Gasteiger partial charge in [0, 0.05) is 18.0 Å². The Hall–Kier alpha value is -2.29. The third-order valence-corrected chi connectivity index (χ3v) is 5.74. The van der Waals surface area contributed by atoms with Crippen LogP contribution in [0.25, 0.3) is 11.1 Å². The van der Waals surface area contributed by atoms with Crippen molar-refractivity contribution in [3.63, 3.8) is 0 Å². The van der Waals surface area contributed by atoms with Gasteiger partial charge in [-0.25, -0.2) is 4.79 Å². The van der Waals surface area contributed by atoms with Crippen LogP contribution in [0.2, 0.25) is 0 Å². The lowest BCUT2D eigenvalue weighted by Crippen LogP contribution is -2.47. The third-order valence-electron chi connectivity index (χ3n) is 5.74. The zero-order chi connectivity index (χ0) is 17.4. The van der Waals surface area contributed by atoms with Crippen LogP contribution in [-0.4, -0.2) is 29.7 Å². The van der Waals surface area contributed by atoms with Crippen molar-refractivity contribution >= 4 is 6.09 Å². The number of carbonyl (C=O) groups excluding carboxylic acids is 1. The van der Waals surface area contributed by atoms with E-state index in [9.17, 15) is 4.79 Å². The molecule has 1 aliphatic carbocycles. The summed E-state index contributed by atoms with van der Waals surface area (Å²) in [4.78, 5) is 14.6. The van der Waals surface area contributed by atoms with Gasteiger partial charge >= 0.3 is 6.09 Å². The van der Waals surface area contributed by atoms with Crippen molar-refractivity contribution in [1.82, 2.24) is 4.90 Å². The van der Waals surface area contributed by atoms with Crippen LogP contribution in [0.15, 0.2) is 48.5 Å². The van der Waals surface area contributed by atoms with Crippen molar-refractivity contribution < 1.29 is 9.53 Å². The molecule has 2 aromatic carbocycles. The van der Waals surface area contributed by atoms with E-state index in [0.29, 0.717) is 6.61 Å². The van der Waals surface area contributed by atoms with E-state index in [1.807, 2.05) is 4.90 Å². The first-order valence-corrected chi connectivity index (χ1v) is 9.30. The largest absolute Gasteiger partial charge is 0.448 e. The Bertz CT molecular complexity index is 730. The van der Waals surface area contributed by atoms with Crippen molar-refractivity contribution in [1.29, 1.82) is 0 Å². The lowest BCUT2D eigenvalue weighted by Gasteiger charge is -2.38. The molecule has 0 N–H and O–H groups in total. The first kappa shape index (κ1) is 16.2. The average molecular weight is 335 g/mol. The molecular weight excluding hydrogens is 310 g/mol. The Morgan fingerprint density at radius 3 is 2.04 bits per heavy atom. The summed E-state index contributed by atoms with van der Waals surface area (Å²) in [6.45, 7) is 4.65. The van der Waals surface area contributed by atoms with Gasteiger partial charge in [-0.2, -0.15) is 0 Å². The summed E-state index contributed by atoms with van der Waals surface area (Å²) in [5.74, 6) is 0.131. The number of hydrogen-bond acceptors (Lipinski definition) is 2. The molecule has 2 aliphatic rings. The molecule has 2 aromatic rings. The minimum absolute atomic E-state index is 0.131. The highest BCUT2D eigenvalue weighted by Crippen LogP contribution is 2.44. The fourth-order valence-corrected chi connectivity index (χ4v) is 4.45. The lowest BCUT2D eigenvalue weighted by atomic mass is 9.97. The quantitative estimate of drug-likeness (QED) is 0.755. The third kappa shape index (κ3) is 2.82. The summed E-state index contributed by atoms with van der Waals surface area (Å²) in [7, 11) is 0. The molecule has 4 rings (SSSR count). The molecule has 130 valence electrons. The second kappa shape index (κ2) is 6.55. The number of amides is 1. The number of fused-ring (bicyclic) bond motifs is 3. The predicted molar refractivity (Wildman–Crippen MR) is 99.7 cm³/mol. The van der Waals surface area contributed by atoms with Crippen LogP contribution in [0, 0.1) is 0 Å². The van der Waals surface area contributed by atoms with Gasteiger partial charge in [0.15, 0.2) is 0 Å². The molecule has 0 spiro atoms. The number of likely N-dealkylation sites (tertiary alicyclic amines) is 1. The van der Waals surface area contributed by atoms with Crippen LogP contribution >= 0.6 is 0 Å². The average Bonchev–Trinajstić information content (AvgIpc) is 2.94. The fourth-order valence-electron chi connectivity index (χ4n) is 4.45. The minimum Gasteiger partial charge on any atom is -0.448 e. The monoisotopic (exact) mass is 335 g/mol. The zero-order valence-corrected chi connectivity index (χ0v) is 14.9. The second-order valence-corrected chi connectivity index (χ2v) is 7.34. The molecule has 2 atom stereocenters. The Kier molecular flexibility index (Phi) is 4.24. The van der Waals surface area contributed by atoms with E-state index in [4.69, 9.17) is 4.74 Å². The summed E-state index contributed by atoms with van der Waals surface area (Å²) >= 11 is 0. The summed E-state index contributed by atoms with van der Waals surface area (Å²) in [6.07, 6.45) is 3.15. The van der Waals surface area contributed by atoms with E-state index < -0.39 is 0 Å². The molecule has 0 saturated carbocycles. The van der Waals surface area contributed by atoms with Crippen molar-refractivity contribution in [2.45, 2.75) is 51.1 Å². The smallest absolute Gasteiger partial charge is 0.410 e. The van der Waals surface area contributed by atoms with Crippen LogP contribution in [-0.2, 0) is 4.74 Å². The maximum absolute atomic E-state index is 12.7. The maximum Gasteiger partial charge on any atom is 0.410 e. The SMILES string of the molecule is CC1CCCC(C)N1C(=O)OCC1c2ccccc2-c2ccccc21. The molecule has 0 radical (unpaired) electrons. The number of carbonyl (C=O) groups is 1. The number of nitrogens with zero attached hydrogens (tertiary/aromatic N) is 1. The van der Waals surface area contributed by atoms with E-state index in [1.165, 1.54) is 28.7 Å². The molecule has 1 saturated heterocycles. The summed E-state index contributed by atoms with van der Waals surface area (Å²) in [6, 6.07) is 17.4. The molecule has 1 fully saturated rings. The van der Waals surface area contributed by atoms with Gasteiger partial charge in [-0.05, 0) is 55.4 Å². The number of piperidine rings is 1. The lowest BCUT2D eigenvalue weighted by molar-refractivity contribution is 0.0538. The summed E-state index contributed by atoms with van der Waals surface area (Å²) in [5.41, 5.74) is 5.05. The summed E-state index contributed by atoms with van der Waals surface area (Å²) < 4.78 is 5.81. The standard InChI is InChI=1S/C22H25NO2/c1-15-8-7-9-16(2)23(15)22(24)25-14-21-19-12-5-3-10-17(19)18-11-4-6-13-20(18)21/h3-6,10-13,15-16,21H,7-9,14H2,1-2H3. The van der Waals surface area contributed by atoms with E-state index in [-0.39, 0.29) is 24.1 Å². The van der Waals surface area contributed by atoms with Crippen molar-refractivity contribution in [3.05, 3.63) is 59.7 Å². The Labute approximate surface area is 149 Å². The van der Waals surface area contributed by atoms with Gasteiger partial charge in [-0.3, -0.25) is 0 Å². The normalized spacial score (nSPS) is 22.4. The molecule has 0 bridgehead atoms. The molecule has 1 heterocycles. The molecule has 1 amide bonds. The predicted octanol–water partition coefficient (Wildman–Crippen LogP) is 5.20. The maximum atomic E-state index is 12.7. The van der Waals surface area contributed by atoms with Crippen LogP contribution in [0.1, 0.15) is 50.2 Å². The second-order valence-electron chi connectivity index (χ2n) is 7.34. The number of rotatable bonds is 2.